The molecule has 0 spiro atoms. The lowest BCUT2D eigenvalue weighted by Crippen LogP contribution is -2.61. The van der Waals surface area contributed by atoms with Gasteiger partial charge >= 0.3 is 5.97 Å². The predicted molar refractivity (Wildman–Crippen MR) is 160 cm³/mol. The molecule has 0 radical (unpaired) electrons. The van der Waals surface area contributed by atoms with Crippen LogP contribution in [-0.4, -0.2) is 76.0 Å². The topological polar surface area (TPSA) is 125 Å². The molecular formula is C31H47N3O6S. The van der Waals surface area contributed by atoms with Gasteiger partial charge < -0.3 is 20.5 Å². The van der Waals surface area contributed by atoms with Crippen molar-refractivity contribution in [1.82, 2.24) is 15.5 Å². The number of nitrogens with zero attached hydrogens (tertiary/aromatic N) is 1. The van der Waals surface area contributed by atoms with E-state index in [2.05, 4.69) is 15.5 Å². The third-order valence-electron chi connectivity index (χ3n) is 7.89. The Kier molecular flexibility index (Phi) is 13.0. The summed E-state index contributed by atoms with van der Waals surface area (Å²) in [6, 6.07) is 5.52. The molecule has 9 nitrogen and oxygen atoms in total. The average molecular weight is 590 g/mol. The second-order valence-corrected chi connectivity index (χ2v) is 12.9. The number of esters is 1. The lowest BCUT2D eigenvalue weighted by molar-refractivity contribution is -0.149. The highest BCUT2D eigenvalue weighted by molar-refractivity contribution is 8.14. The first kappa shape index (κ1) is 32.9. The van der Waals surface area contributed by atoms with Gasteiger partial charge in [-0.3, -0.25) is 19.3 Å². The first-order valence-electron chi connectivity index (χ1n) is 15.1. The molecule has 1 aromatic carbocycles. The number of thioether (sulfide) groups is 1. The van der Waals surface area contributed by atoms with Crippen LogP contribution in [0.2, 0.25) is 0 Å². The molecule has 1 saturated heterocycles. The van der Waals surface area contributed by atoms with Crippen LogP contribution in [0.1, 0.15) is 84.1 Å². The minimum Gasteiger partial charge on any atom is -0.508 e. The van der Waals surface area contributed by atoms with Gasteiger partial charge in [0.15, 0.2) is 0 Å². The Hall–Kier alpha value is -2.59. The second kappa shape index (κ2) is 16.2. The zero-order chi connectivity index (χ0) is 29.8. The van der Waals surface area contributed by atoms with Crippen LogP contribution in [0, 0.1) is 5.92 Å². The number of likely N-dealkylation sites (tertiary alicyclic amines) is 1. The number of rotatable bonds is 14. The van der Waals surface area contributed by atoms with Gasteiger partial charge in [-0.1, -0.05) is 70.3 Å². The zero-order valence-corrected chi connectivity index (χ0v) is 25.6. The lowest BCUT2D eigenvalue weighted by Gasteiger charge is -2.33. The van der Waals surface area contributed by atoms with Gasteiger partial charge in [0.25, 0.3) is 0 Å². The van der Waals surface area contributed by atoms with Crippen molar-refractivity contribution in [2.24, 2.45) is 5.92 Å². The molecule has 1 aliphatic carbocycles. The fraction of sp³-hybridized carbons (Fsp3) is 0.677. The Bertz CT molecular complexity index is 1020. The van der Waals surface area contributed by atoms with E-state index in [4.69, 9.17) is 4.74 Å². The Morgan fingerprint density at radius 3 is 2.29 bits per heavy atom. The number of carbonyl (C=O) groups excluding carboxylic acids is 4. The average Bonchev–Trinajstić information content (AvgIpc) is 3.42. The maximum absolute atomic E-state index is 13.8. The SMILES string of the molecule is CCCCOC(=O)[C@H](Cc1ccc(O)cc1)NC(=O)C1(NC(=O)[C@H](SC(=O)CN2CCCCC2)C(C)C)CCCC1. The van der Waals surface area contributed by atoms with Crippen molar-refractivity contribution >= 4 is 34.7 Å². The molecule has 1 saturated carbocycles. The molecule has 2 fully saturated rings. The number of amides is 2. The van der Waals surface area contributed by atoms with Gasteiger partial charge in [-0.15, -0.1) is 0 Å². The zero-order valence-electron chi connectivity index (χ0n) is 24.8. The van der Waals surface area contributed by atoms with Crippen LogP contribution in [0.25, 0.3) is 0 Å². The summed E-state index contributed by atoms with van der Waals surface area (Å²) in [4.78, 5) is 55.5. The maximum atomic E-state index is 13.8. The predicted octanol–water partition coefficient (Wildman–Crippen LogP) is 3.96. The number of piperidine rings is 1. The third kappa shape index (κ3) is 10.0. The number of hydrogen-bond donors (Lipinski definition) is 3. The van der Waals surface area contributed by atoms with Gasteiger partial charge in [-0.2, -0.15) is 0 Å². The highest BCUT2D eigenvalue weighted by Crippen LogP contribution is 2.32. The molecule has 10 heteroatoms. The smallest absolute Gasteiger partial charge is 0.328 e. The number of benzene rings is 1. The summed E-state index contributed by atoms with van der Waals surface area (Å²) in [6.45, 7) is 8.21. The van der Waals surface area contributed by atoms with Crippen LogP contribution in [-0.2, 0) is 30.3 Å². The standard InChI is InChI=1S/C31H47N3O6S/c1-4-5-19-40-29(38)25(20-23-11-13-24(35)14-12-23)32-30(39)31(15-7-8-16-31)33-28(37)27(22(2)3)41-26(36)21-34-17-9-6-10-18-34/h11-14,22,25,27,35H,4-10,15-21H2,1-3H3,(H,32,39)(H,33,37)/t25-,27+/m0/s1. The van der Waals surface area contributed by atoms with E-state index in [-0.39, 0.29) is 35.7 Å². The number of carbonyl (C=O) groups is 4. The first-order chi connectivity index (χ1) is 19.6. The largest absolute Gasteiger partial charge is 0.508 e. The van der Waals surface area contributed by atoms with E-state index < -0.39 is 28.7 Å². The number of ether oxygens (including phenoxy) is 1. The maximum Gasteiger partial charge on any atom is 0.328 e. The summed E-state index contributed by atoms with van der Waals surface area (Å²) in [5.41, 5.74) is -0.397. The van der Waals surface area contributed by atoms with Crippen LogP contribution >= 0.6 is 11.8 Å². The molecule has 1 aliphatic heterocycles. The molecule has 228 valence electrons. The summed E-state index contributed by atoms with van der Waals surface area (Å²) < 4.78 is 5.46. The number of unbranched alkanes of at least 4 members (excludes halogenated alkanes) is 1. The van der Waals surface area contributed by atoms with Crippen molar-refractivity contribution in [3.63, 3.8) is 0 Å². The van der Waals surface area contributed by atoms with Crippen LogP contribution in [0.5, 0.6) is 5.75 Å². The second-order valence-electron chi connectivity index (χ2n) is 11.7. The van der Waals surface area contributed by atoms with E-state index in [9.17, 15) is 24.3 Å². The molecule has 1 heterocycles. The Balaban J connectivity index is 1.71. The summed E-state index contributed by atoms with van der Waals surface area (Å²) in [5, 5.41) is 14.9. The van der Waals surface area contributed by atoms with E-state index in [1.807, 2.05) is 20.8 Å². The Morgan fingerprint density at radius 2 is 1.68 bits per heavy atom. The minimum absolute atomic E-state index is 0.0329. The van der Waals surface area contributed by atoms with Gasteiger partial charge in [-0.25, -0.2) is 4.79 Å². The van der Waals surface area contributed by atoms with Crippen molar-refractivity contribution in [3.05, 3.63) is 29.8 Å². The summed E-state index contributed by atoms with van der Waals surface area (Å²) >= 11 is 1.06. The van der Waals surface area contributed by atoms with Crippen molar-refractivity contribution in [1.29, 1.82) is 0 Å². The van der Waals surface area contributed by atoms with Gasteiger partial charge in [0, 0.05) is 6.42 Å². The molecule has 1 aromatic rings. The van der Waals surface area contributed by atoms with Crippen LogP contribution < -0.4 is 10.6 Å². The molecule has 2 amide bonds. The van der Waals surface area contributed by atoms with E-state index in [1.165, 1.54) is 18.6 Å². The van der Waals surface area contributed by atoms with Crippen LogP contribution in [0.4, 0.5) is 0 Å². The van der Waals surface area contributed by atoms with Crippen molar-refractivity contribution in [2.75, 3.05) is 26.2 Å². The molecular weight excluding hydrogens is 542 g/mol. The first-order valence-corrected chi connectivity index (χ1v) is 16.0. The van der Waals surface area contributed by atoms with Crippen molar-refractivity contribution in [3.8, 4) is 5.75 Å². The molecule has 0 aromatic heterocycles. The summed E-state index contributed by atoms with van der Waals surface area (Å²) in [7, 11) is 0. The van der Waals surface area contributed by atoms with Crippen LogP contribution in [0.3, 0.4) is 0 Å². The number of phenols is 1. The van der Waals surface area contributed by atoms with E-state index in [0.717, 1.165) is 68.9 Å². The summed E-state index contributed by atoms with van der Waals surface area (Å²) in [6.07, 6.45) is 7.59. The van der Waals surface area contributed by atoms with E-state index >= 15 is 0 Å². The van der Waals surface area contributed by atoms with Crippen LogP contribution in [0.15, 0.2) is 24.3 Å². The fourth-order valence-electron chi connectivity index (χ4n) is 5.44. The molecule has 41 heavy (non-hydrogen) atoms. The Labute approximate surface area is 248 Å². The number of aromatic hydroxyl groups is 1. The van der Waals surface area contributed by atoms with Gasteiger partial charge in [0.2, 0.25) is 16.9 Å². The monoisotopic (exact) mass is 589 g/mol. The molecule has 2 atom stereocenters. The third-order valence-corrected chi connectivity index (χ3v) is 9.29. The normalized spacial score (nSPS) is 18.4. The number of hydrogen-bond acceptors (Lipinski definition) is 8. The van der Waals surface area contributed by atoms with Gasteiger partial charge in [-0.05, 0) is 68.8 Å². The molecule has 3 rings (SSSR count). The minimum atomic E-state index is -1.16. The van der Waals surface area contributed by atoms with Gasteiger partial charge in [0.05, 0.1) is 18.4 Å². The lowest BCUT2D eigenvalue weighted by atomic mass is 9.94. The fourth-order valence-corrected chi connectivity index (χ4v) is 6.42. The van der Waals surface area contributed by atoms with Crippen molar-refractivity contribution < 1.29 is 29.0 Å². The molecule has 3 N–H and O–H groups in total. The van der Waals surface area contributed by atoms with Crippen molar-refractivity contribution in [2.45, 2.75) is 102 Å². The molecule has 2 aliphatic rings. The highest BCUT2D eigenvalue weighted by atomic mass is 32.2. The van der Waals surface area contributed by atoms with Gasteiger partial charge in [0.1, 0.15) is 17.3 Å². The number of phenolic OH excluding ortho intramolecular Hbond substituents is 1. The summed E-state index contributed by atoms with van der Waals surface area (Å²) in [5.74, 6) is -1.26. The highest BCUT2D eigenvalue weighted by Gasteiger charge is 2.45. The quantitative estimate of drug-likeness (QED) is 0.220. The van der Waals surface area contributed by atoms with E-state index in [0.29, 0.717) is 19.4 Å². The molecule has 0 unspecified atom stereocenters. The Morgan fingerprint density at radius 1 is 1.02 bits per heavy atom. The number of nitrogens with one attached hydrogen (secondary N) is 2. The molecule has 0 bridgehead atoms. The van der Waals surface area contributed by atoms with E-state index in [1.54, 1.807) is 12.1 Å².